The van der Waals surface area contributed by atoms with Crippen molar-refractivity contribution in [2.24, 2.45) is 0 Å². The molecule has 0 N–H and O–H groups in total. The summed E-state index contributed by atoms with van der Waals surface area (Å²) >= 11 is 0. The Kier molecular flexibility index (Phi) is 2.48. The first-order chi connectivity index (χ1) is 6.36. The Morgan fingerprint density at radius 1 is 1.15 bits per heavy atom. The van der Waals surface area contributed by atoms with E-state index in [2.05, 4.69) is 11.3 Å². The summed E-state index contributed by atoms with van der Waals surface area (Å²) in [4.78, 5) is 2.23. The molecule has 0 spiro atoms. The number of rotatable bonds is 1. The number of anilines is 1. The number of benzene rings is 1. The van der Waals surface area contributed by atoms with Crippen molar-refractivity contribution in [2.75, 3.05) is 18.0 Å². The van der Waals surface area contributed by atoms with Crippen molar-refractivity contribution in [3.63, 3.8) is 0 Å². The van der Waals surface area contributed by atoms with Gasteiger partial charge in [0.1, 0.15) is 5.82 Å². The molecule has 1 radical (unpaired) electrons. The molecule has 0 atom stereocenters. The second-order valence-corrected chi connectivity index (χ2v) is 3.33. The Hall–Kier alpha value is -1.05. The van der Waals surface area contributed by atoms with E-state index in [4.69, 9.17) is 0 Å². The van der Waals surface area contributed by atoms with Crippen LogP contribution in [-0.2, 0) is 0 Å². The fraction of sp³-hybridized carbons (Fsp3) is 0.364. The summed E-state index contributed by atoms with van der Waals surface area (Å²) in [5.41, 5.74) is 1.01. The third-order valence-electron chi connectivity index (χ3n) is 2.38. The molecular weight excluding hydrogens is 165 g/mol. The van der Waals surface area contributed by atoms with E-state index in [0.717, 1.165) is 31.6 Å². The van der Waals surface area contributed by atoms with Crippen LogP contribution in [-0.4, -0.2) is 13.1 Å². The van der Waals surface area contributed by atoms with Crippen molar-refractivity contribution in [3.8, 4) is 0 Å². The zero-order valence-electron chi connectivity index (χ0n) is 7.54. The molecule has 69 valence electrons. The highest BCUT2D eigenvalue weighted by atomic mass is 19.1. The van der Waals surface area contributed by atoms with Gasteiger partial charge in [-0.3, -0.25) is 0 Å². The van der Waals surface area contributed by atoms with E-state index in [1.807, 2.05) is 6.07 Å². The van der Waals surface area contributed by atoms with Crippen LogP contribution in [0.2, 0.25) is 0 Å². The predicted octanol–water partition coefficient (Wildman–Crippen LogP) is 2.63. The Bertz CT molecular complexity index is 279. The van der Waals surface area contributed by atoms with Gasteiger partial charge in [0.15, 0.2) is 0 Å². The predicted molar refractivity (Wildman–Crippen MR) is 52.1 cm³/mol. The Labute approximate surface area is 78.2 Å². The van der Waals surface area contributed by atoms with Crippen LogP contribution in [0.3, 0.4) is 0 Å². The van der Waals surface area contributed by atoms with Gasteiger partial charge in [-0.1, -0.05) is 6.07 Å². The van der Waals surface area contributed by atoms with E-state index in [9.17, 15) is 4.39 Å². The summed E-state index contributed by atoms with van der Waals surface area (Å²) in [6.45, 7) is 2.03. The molecule has 1 heterocycles. The molecule has 0 unspecified atom stereocenters. The number of nitrogens with zero attached hydrogens (tertiary/aromatic N) is 1. The fourth-order valence-electron chi connectivity index (χ4n) is 1.68. The minimum Gasteiger partial charge on any atom is -0.371 e. The SMILES string of the molecule is Fc1cccc(N2CC[CH]CC2)c1. The highest BCUT2D eigenvalue weighted by Crippen LogP contribution is 2.19. The lowest BCUT2D eigenvalue weighted by atomic mass is 10.1. The van der Waals surface area contributed by atoms with Gasteiger partial charge in [-0.05, 0) is 37.5 Å². The molecule has 1 aliphatic heterocycles. The van der Waals surface area contributed by atoms with Crippen LogP contribution in [0.4, 0.5) is 10.1 Å². The van der Waals surface area contributed by atoms with Crippen LogP contribution < -0.4 is 4.90 Å². The monoisotopic (exact) mass is 178 g/mol. The first kappa shape index (κ1) is 8.54. The molecule has 0 aliphatic carbocycles. The van der Waals surface area contributed by atoms with E-state index >= 15 is 0 Å². The standard InChI is InChI=1S/C11H13FN/c12-10-5-4-6-11(9-10)13-7-2-1-3-8-13/h1,4-6,9H,2-3,7-8H2. The van der Waals surface area contributed by atoms with Crippen molar-refractivity contribution in [2.45, 2.75) is 12.8 Å². The summed E-state index contributed by atoms with van der Waals surface area (Å²) in [7, 11) is 0. The van der Waals surface area contributed by atoms with Crippen LogP contribution in [0.25, 0.3) is 0 Å². The molecule has 0 aromatic heterocycles. The van der Waals surface area contributed by atoms with E-state index < -0.39 is 0 Å². The van der Waals surface area contributed by atoms with Gasteiger partial charge in [0, 0.05) is 18.8 Å². The van der Waals surface area contributed by atoms with E-state index in [1.165, 1.54) is 6.07 Å². The molecule has 2 heteroatoms. The average Bonchev–Trinajstić information content (AvgIpc) is 2.19. The maximum absolute atomic E-state index is 12.9. The van der Waals surface area contributed by atoms with E-state index in [1.54, 1.807) is 12.1 Å². The zero-order chi connectivity index (χ0) is 9.10. The Morgan fingerprint density at radius 2 is 1.92 bits per heavy atom. The maximum atomic E-state index is 12.9. The summed E-state index contributed by atoms with van der Waals surface area (Å²) in [6.07, 6.45) is 4.50. The molecule has 0 amide bonds. The summed E-state index contributed by atoms with van der Waals surface area (Å²) in [6, 6.07) is 6.82. The van der Waals surface area contributed by atoms with Crippen molar-refractivity contribution in [1.82, 2.24) is 0 Å². The van der Waals surface area contributed by atoms with Crippen molar-refractivity contribution in [3.05, 3.63) is 36.5 Å². The molecular formula is C11H13FN. The molecule has 1 aromatic rings. The van der Waals surface area contributed by atoms with Crippen LogP contribution in [0.1, 0.15) is 12.8 Å². The summed E-state index contributed by atoms with van der Waals surface area (Å²) in [5, 5.41) is 0. The molecule has 0 bridgehead atoms. The van der Waals surface area contributed by atoms with Gasteiger partial charge >= 0.3 is 0 Å². The normalized spacial score (nSPS) is 17.5. The number of halogens is 1. The molecule has 13 heavy (non-hydrogen) atoms. The first-order valence-corrected chi connectivity index (χ1v) is 4.68. The van der Waals surface area contributed by atoms with Gasteiger partial charge in [-0.25, -0.2) is 4.39 Å². The van der Waals surface area contributed by atoms with Crippen LogP contribution in [0, 0.1) is 12.2 Å². The first-order valence-electron chi connectivity index (χ1n) is 4.68. The number of hydrogen-bond acceptors (Lipinski definition) is 1. The topological polar surface area (TPSA) is 3.24 Å². The van der Waals surface area contributed by atoms with Crippen LogP contribution in [0.5, 0.6) is 0 Å². The van der Waals surface area contributed by atoms with Crippen molar-refractivity contribution >= 4 is 5.69 Å². The largest absolute Gasteiger partial charge is 0.371 e. The Morgan fingerprint density at radius 3 is 2.62 bits per heavy atom. The molecule has 1 aromatic carbocycles. The zero-order valence-corrected chi connectivity index (χ0v) is 7.54. The number of hydrogen-bond donors (Lipinski definition) is 0. The lowest BCUT2D eigenvalue weighted by Crippen LogP contribution is -2.29. The van der Waals surface area contributed by atoms with Gasteiger partial charge in [-0.2, -0.15) is 0 Å². The molecule has 0 saturated carbocycles. The van der Waals surface area contributed by atoms with E-state index in [0.29, 0.717) is 0 Å². The summed E-state index contributed by atoms with van der Waals surface area (Å²) < 4.78 is 12.9. The molecule has 2 rings (SSSR count). The highest BCUT2D eigenvalue weighted by molar-refractivity contribution is 5.46. The van der Waals surface area contributed by atoms with Crippen LogP contribution >= 0.6 is 0 Å². The second-order valence-electron chi connectivity index (χ2n) is 3.33. The van der Waals surface area contributed by atoms with Gasteiger partial charge in [-0.15, -0.1) is 0 Å². The van der Waals surface area contributed by atoms with Gasteiger partial charge < -0.3 is 4.90 Å². The van der Waals surface area contributed by atoms with Crippen LogP contribution in [0.15, 0.2) is 24.3 Å². The lowest BCUT2D eigenvalue weighted by Gasteiger charge is -2.28. The van der Waals surface area contributed by atoms with E-state index in [-0.39, 0.29) is 5.82 Å². The second kappa shape index (κ2) is 3.77. The molecule has 1 fully saturated rings. The van der Waals surface area contributed by atoms with Gasteiger partial charge in [0.2, 0.25) is 0 Å². The fourth-order valence-corrected chi connectivity index (χ4v) is 1.68. The minimum atomic E-state index is -0.146. The summed E-state index contributed by atoms with van der Waals surface area (Å²) in [5.74, 6) is -0.146. The van der Waals surface area contributed by atoms with Crippen molar-refractivity contribution < 1.29 is 4.39 Å². The molecule has 1 aliphatic rings. The number of piperidine rings is 1. The lowest BCUT2D eigenvalue weighted by molar-refractivity contribution is 0.623. The minimum absolute atomic E-state index is 0.146. The molecule has 1 nitrogen and oxygen atoms in total. The van der Waals surface area contributed by atoms with Crippen molar-refractivity contribution in [1.29, 1.82) is 0 Å². The highest BCUT2D eigenvalue weighted by Gasteiger charge is 2.10. The van der Waals surface area contributed by atoms with Gasteiger partial charge in [0.25, 0.3) is 0 Å². The third-order valence-corrected chi connectivity index (χ3v) is 2.38. The quantitative estimate of drug-likeness (QED) is 0.639. The molecule has 1 saturated heterocycles. The maximum Gasteiger partial charge on any atom is 0.125 e. The smallest absolute Gasteiger partial charge is 0.125 e. The average molecular weight is 178 g/mol. The van der Waals surface area contributed by atoms with Gasteiger partial charge in [0.05, 0.1) is 0 Å². The Balaban J connectivity index is 2.14. The third kappa shape index (κ3) is 2.00.